The zero-order valence-corrected chi connectivity index (χ0v) is 7.39. The number of halogens is 2. The first-order chi connectivity index (χ1) is 6.11. The van der Waals surface area contributed by atoms with Gasteiger partial charge >= 0.3 is 0 Å². The van der Waals surface area contributed by atoms with E-state index in [-0.39, 0.29) is 10.8 Å². The van der Waals surface area contributed by atoms with Crippen molar-refractivity contribution in [1.29, 1.82) is 5.26 Å². The molecule has 0 aromatic heterocycles. The molecule has 1 N–H and O–H groups in total. The molecular formula is C8H5ClFNO2. The van der Waals surface area contributed by atoms with E-state index in [9.17, 15) is 4.39 Å². The summed E-state index contributed by atoms with van der Waals surface area (Å²) in [6.45, 7) is 0. The lowest BCUT2D eigenvalue weighted by atomic mass is 10.2. The third-order valence-corrected chi connectivity index (χ3v) is 1.85. The van der Waals surface area contributed by atoms with Gasteiger partial charge in [-0.2, -0.15) is 5.26 Å². The summed E-state index contributed by atoms with van der Waals surface area (Å²) in [5.74, 6) is -1.62. The molecule has 1 rings (SSSR count). The predicted octanol–water partition coefficient (Wildman–Crippen LogP) is 2.06. The second kappa shape index (κ2) is 3.50. The van der Waals surface area contributed by atoms with Crippen molar-refractivity contribution < 1.29 is 14.2 Å². The molecule has 5 heteroatoms. The minimum absolute atomic E-state index is 0.0668. The van der Waals surface area contributed by atoms with Gasteiger partial charge in [-0.05, 0) is 0 Å². The van der Waals surface area contributed by atoms with Gasteiger partial charge in [0.25, 0.3) is 0 Å². The molecule has 0 aliphatic carbocycles. The van der Waals surface area contributed by atoms with Crippen LogP contribution in [0.1, 0.15) is 5.56 Å². The molecule has 0 aliphatic rings. The maximum Gasteiger partial charge on any atom is 0.184 e. The number of phenolic OH excluding ortho intramolecular Hbond substituents is 1. The van der Waals surface area contributed by atoms with E-state index in [1.807, 2.05) is 0 Å². The first-order valence-electron chi connectivity index (χ1n) is 3.26. The Morgan fingerprint density at radius 1 is 1.69 bits per heavy atom. The number of nitrogens with zero attached hydrogens (tertiary/aromatic N) is 1. The Hall–Kier alpha value is -1.47. The van der Waals surface area contributed by atoms with E-state index in [0.717, 1.165) is 6.07 Å². The van der Waals surface area contributed by atoms with Gasteiger partial charge in [-0.1, -0.05) is 11.6 Å². The normalized spacial score (nSPS) is 9.38. The van der Waals surface area contributed by atoms with E-state index in [0.29, 0.717) is 0 Å². The fourth-order valence-corrected chi connectivity index (χ4v) is 1.10. The summed E-state index contributed by atoms with van der Waals surface area (Å²) in [6, 6.07) is 2.54. The van der Waals surface area contributed by atoms with Gasteiger partial charge in [-0.25, -0.2) is 4.39 Å². The van der Waals surface area contributed by atoms with Gasteiger partial charge in [0.05, 0.1) is 7.11 Å². The zero-order valence-electron chi connectivity index (χ0n) is 6.64. The topological polar surface area (TPSA) is 53.2 Å². The largest absolute Gasteiger partial charge is 0.505 e. The van der Waals surface area contributed by atoms with Gasteiger partial charge in [0.15, 0.2) is 11.6 Å². The van der Waals surface area contributed by atoms with E-state index in [2.05, 4.69) is 0 Å². The van der Waals surface area contributed by atoms with E-state index in [1.165, 1.54) is 13.2 Å². The SMILES string of the molecule is COc1cc(O)c(F)c(C#N)c1Cl. The molecule has 1 aromatic carbocycles. The van der Waals surface area contributed by atoms with E-state index in [4.69, 9.17) is 26.7 Å². The van der Waals surface area contributed by atoms with Crippen molar-refractivity contribution in [3.05, 3.63) is 22.5 Å². The van der Waals surface area contributed by atoms with E-state index < -0.39 is 17.1 Å². The standard InChI is InChI=1S/C8H5ClFNO2/c1-13-6-2-5(12)8(10)4(3-11)7(6)9/h2,12H,1H3. The predicted molar refractivity (Wildman–Crippen MR) is 44.3 cm³/mol. The second-order valence-corrected chi connectivity index (χ2v) is 2.59. The summed E-state index contributed by atoms with van der Waals surface area (Å²) in [4.78, 5) is 0. The molecule has 3 nitrogen and oxygen atoms in total. The lowest BCUT2D eigenvalue weighted by molar-refractivity contribution is 0.396. The summed E-state index contributed by atoms with van der Waals surface area (Å²) in [6.07, 6.45) is 0. The monoisotopic (exact) mass is 201 g/mol. The minimum atomic E-state index is -1.03. The molecule has 0 saturated heterocycles. The Bertz CT molecular complexity index is 387. The number of nitriles is 1. The van der Waals surface area contributed by atoms with Crippen LogP contribution in [0, 0.1) is 17.1 Å². The second-order valence-electron chi connectivity index (χ2n) is 2.21. The molecule has 0 aliphatic heterocycles. The smallest absolute Gasteiger partial charge is 0.184 e. The molecule has 68 valence electrons. The molecule has 0 radical (unpaired) electrons. The molecule has 0 amide bonds. The van der Waals surface area contributed by atoms with Crippen LogP contribution in [0.25, 0.3) is 0 Å². The van der Waals surface area contributed by atoms with Crippen molar-refractivity contribution in [2.24, 2.45) is 0 Å². The number of ether oxygens (including phenoxy) is 1. The maximum atomic E-state index is 13.0. The number of hydrogen-bond acceptors (Lipinski definition) is 3. The van der Waals surface area contributed by atoms with Crippen molar-refractivity contribution >= 4 is 11.6 Å². The number of phenols is 1. The van der Waals surface area contributed by atoms with Crippen LogP contribution < -0.4 is 4.74 Å². The third-order valence-electron chi connectivity index (χ3n) is 1.48. The van der Waals surface area contributed by atoms with Crippen LogP contribution >= 0.6 is 11.6 Å². The summed E-state index contributed by atoms with van der Waals surface area (Å²) in [5, 5.41) is 17.4. The molecule has 13 heavy (non-hydrogen) atoms. The maximum absolute atomic E-state index is 13.0. The Morgan fingerprint density at radius 2 is 2.31 bits per heavy atom. The molecular weight excluding hydrogens is 197 g/mol. The lowest BCUT2D eigenvalue weighted by Crippen LogP contribution is -1.91. The quantitative estimate of drug-likeness (QED) is 0.757. The molecule has 0 unspecified atom stereocenters. The third kappa shape index (κ3) is 1.51. The van der Waals surface area contributed by atoms with Crippen LogP contribution in [0.15, 0.2) is 6.07 Å². The summed E-state index contributed by atoms with van der Waals surface area (Å²) < 4.78 is 17.7. The highest BCUT2D eigenvalue weighted by molar-refractivity contribution is 6.33. The first kappa shape index (κ1) is 9.62. The van der Waals surface area contributed by atoms with Gasteiger partial charge in [0.1, 0.15) is 22.4 Å². The van der Waals surface area contributed by atoms with Crippen LogP contribution in [-0.4, -0.2) is 12.2 Å². The van der Waals surface area contributed by atoms with Crippen molar-refractivity contribution in [3.63, 3.8) is 0 Å². The first-order valence-corrected chi connectivity index (χ1v) is 3.64. The fourth-order valence-electron chi connectivity index (χ4n) is 0.845. The van der Waals surface area contributed by atoms with Gasteiger partial charge in [-0.3, -0.25) is 0 Å². The van der Waals surface area contributed by atoms with Crippen molar-refractivity contribution in [3.8, 4) is 17.6 Å². The Balaban J connectivity index is 3.50. The lowest BCUT2D eigenvalue weighted by Gasteiger charge is -2.05. The molecule has 0 fully saturated rings. The molecule has 1 aromatic rings. The highest BCUT2D eigenvalue weighted by atomic mass is 35.5. The van der Waals surface area contributed by atoms with Crippen molar-refractivity contribution in [2.75, 3.05) is 7.11 Å². The molecule has 0 heterocycles. The Kier molecular flexibility index (Phi) is 2.59. The van der Waals surface area contributed by atoms with Gasteiger partial charge in [0, 0.05) is 6.07 Å². The van der Waals surface area contributed by atoms with Gasteiger partial charge in [0.2, 0.25) is 0 Å². The van der Waals surface area contributed by atoms with Crippen LogP contribution in [0.5, 0.6) is 11.5 Å². The van der Waals surface area contributed by atoms with E-state index >= 15 is 0 Å². The fraction of sp³-hybridized carbons (Fsp3) is 0.125. The summed E-state index contributed by atoms with van der Waals surface area (Å²) >= 11 is 5.59. The van der Waals surface area contributed by atoms with E-state index in [1.54, 1.807) is 0 Å². The minimum Gasteiger partial charge on any atom is -0.505 e. The van der Waals surface area contributed by atoms with Crippen LogP contribution in [-0.2, 0) is 0 Å². The van der Waals surface area contributed by atoms with Crippen LogP contribution in [0.3, 0.4) is 0 Å². The number of rotatable bonds is 1. The number of hydrogen-bond donors (Lipinski definition) is 1. The highest BCUT2D eigenvalue weighted by Crippen LogP contribution is 2.34. The van der Waals surface area contributed by atoms with Crippen molar-refractivity contribution in [2.45, 2.75) is 0 Å². The summed E-state index contributed by atoms with van der Waals surface area (Å²) in [5.41, 5.74) is -0.418. The average Bonchev–Trinajstić information content (AvgIpc) is 2.12. The summed E-state index contributed by atoms with van der Waals surface area (Å²) in [7, 11) is 1.31. The zero-order chi connectivity index (χ0) is 10.0. The van der Waals surface area contributed by atoms with Gasteiger partial charge in [-0.15, -0.1) is 0 Å². The Morgan fingerprint density at radius 3 is 2.77 bits per heavy atom. The average molecular weight is 202 g/mol. The molecule has 0 saturated carbocycles. The molecule has 0 spiro atoms. The molecule has 0 bridgehead atoms. The number of methoxy groups -OCH3 is 1. The number of aromatic hydroxyl groups is 1. The molecule has 0 atom stereocenters. The van der Waals surface area contributed by atoms with Crippen LogP contribution in [0.4, 0.5) is 4.39 Å². The van der Waals surface area contributed by atoms with Crippen LogP contribution in [0.2, 0.25) is 5.02 Å². The van der Waals surface area contributed by atoms with Gasteiger partial charge < -0.3 is 9.84 Å². The number of benzene rings is 1. The van der Waals surface area contributed by atoms with Crippen molar-refractivity contribution in [1.82, 2.24) is 0 Å². The highest BCUT2D eigenvalue weighted by Gasteiger charge is 2.16. The Labute approximate surface area is 78.9 Å².